The van der Waals surface area contributed by atoms with Crippen LogP contribution in [0.3, 0.4) is 0 Å². The van der Waals surface area contributed by atoms with Crippen molar-refractivity contribution in [2.75, 3.05) is 13.2 Å². The van der Waals surface area contributed by atoms with Gasteiger partial charge in [-0.05, 0) is 28.3 Å². The van der Waals surface area contributed by atoms with E-state index in [1.807, 2.05) is 63.2 Å². The van der Waals surface area contributed by atoms with Gasteiger partial charge < -0.3 is 14.9 Å². The fourth-order valence-electron chi connectivity index (χ4n) is 2.62. The van der Waals surface area contributed by atoms with Crippen LogP contribution in [0.4, 0.5) is 0 Å². The number of hydrogen-bond donors (Lipinski definition) is 2. The van der Waals surface area contributed by atoms with Gasteiger partial charge in [0.2, 0.25) is 8.80 Å². The van der Waals surface area contributed by atoms with Crippen molar-refractivity contribution < 1.29 is 14.9 Å². The van der Waals surface area contributed by atoms with E-state index in [1.54, 1.807) is 0 Å². The Hall–Kier alpha value is -1.88. The number of benzene rings is 2. The van der Waals surface area contributed by atoms with Crippen molar-refractivity contribution in [1.82, 2.24) is 0 Å². The maximum absolute atomic E-state index is 10.4. The first-order valence-corrected chi connectivity index (χ1v) is 10.5. The Morgan fingerprint density at radius 2 is 1.50 bits per heavy atom. The molecule has 0 aromatic heterocycles. The summed E-state index contributed by atoms with van der Waals surface area (Å²) in [7, 11) is -1.33. The molecule has 0 aliphatic rings. The van der Waals surface area contributed by atoms with Crippen molar-refractivity contribution in [3.8, 4) is 0 Å². The van der Waals surface area contributed by atoms with Crippen LogP contribution in [0.5, 0.6) is 0 Å². The summed E-state index contributed by atoms with van der Waals surface area (Å²) in [4.78, 5) is 0. The highest BCUT2D eigenvalue weighted by molar-refractivity contribution is 6.90. The van der Waals surface area contributed by atoms with Crippen LogP contribution in [0.15, 0.2) is 72.1 Å². The van der Waals surface area contributed by atoms with Crippen molar-refractivity contribution in [3.05, 3.63) is 72.1 Å². The third kappa shape index (κ3) is 5.83. The first-order valence-electron chi connectivity index (χ1n) is 9.03. The molecule has 0 aliphatic carbocycles. The predicted molar refractivity (Wildman–Crippen MR) is 109 cm³/mol. The van der Waals surface area contributed by atoms with E-state index < -0.39 is 14.9 Å². The molecule has 2 aromatic rings. The highest BCUT2D eigenvalue weighted by Crippen LogP contribution is 2.22. The van der Waals surface area contributed by atoms with Gasteiger partial charge in [0.1, 0.15) is 6.61 Å². The third-order valence-electron chi connectivity index (χ3n) is 4.25. The highest BCUT2D eigenvalue weighted by Gasteiger charge is 2.26. The zero-order valence-electron chi connectivity index (χ0n) is 15.9. The van der Waals surface area contributed by atoms with Crippen molar-refractivity contribution in [3.63, 3.8) is 0 Å². The van der Waals surface area contributed by atoms with E-state index in [1.165, 1.54) is 10.4 Å². The number of ether oxygens (including phenoxy) is 1. The molecule has 0 fully saturated rings. The highest BCUT2D eigenvalue weighted by atomic mass is 28.3. The van der Waals surface area contributed by atoms with Crippen molar-refractivity contribution >= 4 is 19.2 Å². The minimum Gasteiger partial charge on any atom is -0.500 e. The van der Waals surface area contributed by atoms with Crippen molar-refractivity contribution in [1.29, 1.82) is 0 Å². The SMILES string of the molecule is CC(C)(C)C(O)CC=C(OCCO)[Si](c1ccccc1)c1ccccc1. The average Bonchev–Trinajstić information content (AvgIpc) is 2.64. The molecule has 0 bridgehead atoms. The number of aliphatic hydroxyl groups excluding tert-OH is 2. The topological polar surface area (TPSA) is 49.7 Å². The molecule has 26 heavy (non-hydrogen) atoms. The largest absolute Gasteiger partial charge is 0.500 e. The zero-order chi connectivity index (χ0) is 19.0. The van der Waals surface area contributed by atoms with Gasteiger partial charge in [-0.15, -0.1) is 0 Å². The molecule has 0 saturated carbocycles. The molecule has 139 valence electrons. The molecular formula is C22H29O3Si. The summed E-state index contributed by atoms with van der Waals surface area (Å²) in [5, 5.41) is 23.0. The Kier molecular flexibility index (Phi) is 7.63. The standard InChI is InChI=1S/C22H29O3Si/c1-22(2,3)20(24)14-15-21(25-17-16-23)26(18-10-6-4-7-11-18)19-12-8-5-9-13-19/h4-13,15,20,23-24H,14,16-17H2,1-3H3. The molecule has 2 aromatic carbocycles. The Morgan fingerprint density at radius 1 is 1.00 bits per heavy atom. The second-order valence-electron chi connectivity index (χ2n) is 7.37. The van der Waals surface area contributed by atoms with Gasteiger partial charge in [-0.25, -0.2) is 0 Å². The van der Waals surface area contributed by atoms with E-state index in [9.17, 15) is 10.2 Å². The Morgan fingerprint density at radius 3 is 1.92 bits per heavy atom. The van der Waals surface area contributed by atoms with Gasteiger partial charge in [-0.2, -0.15) is 0 Å². The fraction of sp³-hybridized carbons (Fsp3) is 0.364. The smallest absolute Gasteiger partial charge is 0.201 e. The monoisotopic (exact) mass is 369 g/mol. The predicted octanol–water partition coefficient (Wildman–Crippen LogP) is 2.52. The summed E-state index contributed by atoms with van der Waals surface area (Å²) in [6.07, 6.45) is 2.09. The molecule has 3 nitrogen and oxygen atoms in total. The van der Waals surface area contributed by atoms with Gasteiger partial charge in [0.25, 0.3) is 0 Å². The zero-order valence-corrected chi connectivity index (χ0v) is 16.9. The lowest BCUT2D eigenvalue weighted by Crippen LogP contribution is -2.45. The minimum absolute atomic E-state index is 0.0299. The average molecular weight is 370 g/mol. The lowest BCUT2D eigenvalue weighted by Gasteiger charge is -2.26. The van der Waals surface area contributed by atoms with E-state index in [0.29, 0.717) is 6.42 Å². The van der Waals surface area contributed by atoms with Gasteiger partial charge in [-0.1, -0.05) is 81.4 Å². The molecule has 1 unspecified atom stereocenters. The molecule has 4 heteroatoms. The molecule has 0 saturated heterocycles. The van der Waals surface area contributed by atoms with Crippen LogP contribution in [-0.4, -0.2) is 38.3 Å². The molecule has 2 rings (SSSR count). The lowest BCUT2D eigenvalue weighted by molar-refractivity contribution is 0.0647. The van der Waals surface area contributed by atoms with E-state index in [0.717, 1.165) is 5.38 Å². The molecule has 0 heterocycles. The van der Waals surface area contributed by atoms with E-state index in [2.05, 4.69) is 24.3 Å². The normalized spacial score (nSPS) is 13.7. The molecule has 1 atom stereocenters. The molecular weight excluding hydrogens is 340 g/mol. The van der Waals surface area contributed by atoms with Crippen LogP contribution in [-0.2, 0) is 4.74 Å². The number of rotatable bonds is 8. The van der Waals surface area contributed by atoms with Crippen LogP contribution in [0.1, 0.15) is 27.2 Å². The van der Waals surface area contributed by atoms with E-state index >= 15 is 0 Å². The first-order chi connectivity index (χ1) is 12.4. The summed E-state index contributed by atoms with van der Waals surface area (Å²) in [6, 6.07) is 20.7. The van der Waals surface area contributed by atoms with E-state index in [-0.39, 0.29) is 18.6 Å². The van der Waals surface area contributed by atoms with Crippen LogP contribution in [0.2, 0.25) is 0 Å². The number of aliphatic hydroxyl groups is 2. The van der Waals surface area contributed by atoms with Gasteiger partial charge in [-0.3, -0.25) is 0 Å². The van der Waals surface area contributed by atoms with E-state index in [4.69, 9.17) is 4.74 Å². The second kappa shape index (κ2) is 9.71. The molecule has 1 radical (unpaired) electrons. The van der Waals surface area contributed by atoms with Crippen LogP contribution in [0.25, 0.3) is 0 Å². The molecule has 0 amide bonds. The Bertz CT molecular complexity index is 638. The molecule has 0 aliphatic heterocycles. The van der Waals surface area contributed by atoms with Crippen LogP contribution >= 0.6 is 0 Å². The lowest BCUT2D eigenvalue weighted by atomic mass is 9.87. The molecule has 2 N–H and O–H groups in total. The Labute approximate surface area is 158 Å². The van der Waals surface area contributed by atoms with Gasteiger partial charge in [0.05, 0.1) is 18.1 Å². The third-order valence-corrected chi connectivity index (χ3v) is 6.91. The van der Waals surface area contributed by atoms with Crippen LogP contribution < -0.4 is 10.4 Å². The van der Waals surface area contributed by atoms with Gasteiger partial charge in [0.15, 0.2) is 0 Å². The summed E-state index contributed by atoms with van der Waals surface area (Å²) in [6.45, 7) is 6.31. The van der Waals surface area contributed by atoms with Crippen LogP contribution in [0, 0.1) is 5.41 Å². The van der Waals surface area contributed by atoms with Crippen molar-refractivity contribution in [2.45, 2.75) is 33.3 Å². The number of hydrogen-bond acceptors (Lipinski definition) is 3. The van der Waals surface area contributed by atoms with Gasteiger partial charge in [0, 0.05) is 0 Å². The summed E-state index contributed by atoms with van der Waals surface area (Å²) in [5.41, 5.74) is -0.189. The second-order valence-corrected chi connectivity index (χ2v) is 9.76. The quantitative estimate of drug-likeness (QED) is 0.555. The Balaban J connectivity index is 2.41. The maximum atomic E-state index is 10.4. The fourth-order valence-corrected chi connectivity index (χ4v) is 5.14. The summed E-state index contributed by atoms with van der Waals surface area (Å²) >= 11 is 0. The summed E-state index contributed by atoms with van der Waals surface area (Å²) < 4.78 is 5.97. The molecule has 0 spiro atoms. The maximum Gasteiger partial charge on any atom is 0.201 e. The van der Waals surface area contributed by atoms with Crippen molar-refractivity contribution in [2.24, 2.45) is 5.41 Å². The van der Waals surface area contributed by atoms with Gasteiger partial charge >= 0.3 is 0 Å². The summed E-state index contributed by atoms with van der Waals surface area (Å²) in [5.74, 6) is 0. The minimum atomic E-state index is -1.33. The first kappa shape index (κ1) is 20.4.